The standard InChI is InChI=1S/C20H24O2/c1-11(2)15-7-6-12(3)17-16(15)10-14(5)19(22)20(17)9-8-13(4)18(20)21/h8,10,15-17H,1,3,6-7,9H2,2,4-5H3. The Morgan fingerprint density at radius 2 is 1.86 bits per heavy atom. The van der Waals surface area contributed by atoms with E-state index >= 15 is 0 Å². The van der Waals surface area contributed by atoms with E-state index in [-0.39, 0.29) is 23.4 Å². The molecule has 0 heterocycles. The zero-order valence-electron chi connectivity index (χ0n) is 13.7. The van der Waals surface area contributed by atoms with Crippen molar-refractivity contribution in [3.63, 3.8) is 0 Å². The summed E-state index contributed by atoms with van der Waals surface area (Å²) in [4.78, 5) is 25.9. The van der Waals surface area contributed by atoms with Crippen molar-refractivity contribution in [2.45, 2.75) is 40.0 Å². The van der Waals surface area contributed by atoms with Crippen LogP contribution in [0.25, 0.3) is 0 Å². The Balaban J connectivity index is 2.18. The van der Waals surface area contributed by atoms with Crippen LogP contribution < -0.4 is 0 Å². The minimum atomic E-state index is -0.918. The second kappa shape index (κ2) is 4.91. The third-order valence-electron chi connectivity index (χ3n) is 5.93. The van der Waals surface area contributed by atoms with E-state index in [9.17, 15) is 9.59 Å². The Morgan fingerprint density at radius 1 is 1.23 bits per heavy atom. The van der Waals surface area contributed by atoms with E-state index in [0.717, 1.165) is 35.1 Å². The first-order valence-corrected chi connectivity index (χ1v) is 8.08. The molecule has 0 aromatic carbocycles. The predicted molar refractivity (Wildman–Crippen MR) is 88.2 cm³/mol. The maximum Gasteiger partial charge on any atom is 0.173 e. The number of Topliss-reactive ketones (excluding diaryl/α,β-unsaturated/α-hetero) is 2. The number of ketones is 2. The average molecular weight is 296 g/mol. The van der Waals surface area contributed by atoms with Crippen LogP contribution in [0.2, 0.25) is 0 Å². The highest BCUT2D eigenvalue weighted by molar-refractivity contribution is 6.21. The summed E-state index contributed by atoms with van der Waals surface area (Å²) >= 11 is 0. The molecule has 3 aliphatic rings. The predicted octanol–water partition coefficient (Wildman–Crippen LogP) is 4.20. The van der Waals surface area contributed by atoms with E-state index in [1.807, 2.05) is 19.9 Å². The highest BCUT2D eigenvalue weighted by Crippen LogP contribution is 2.57. The van der Waals surface area contributed by atoms with Crippen LogP contribution in [-0.2, 0) is 9.59 Å². The van der Waals surface area contributed by atoms with Gasteiger partial charge in [-0.2, -0.15) is 0 Å². The summed E-state index contributed by atoms with van der Waals surface area (Å²) in [6.45, 7) is 14.1. The van der Waals surface area contributed by atoms with E-state index < -0.39 is 5.41 Å². The quantitative estimate of drug-likeness (QED) is 0.537. The van der Waals surface area contributed by atoms with Crippen LogP contribution in [0.4, 0.5) is 0 Å². The first-order valence-electron chi connectivity index (χ1n) is 8.08. The largest absolute Gasteiger partial charge is 0.293 e. The lowest BCUT2D eigenvalue weighted by Gasteiger charge is -2.49. The van der Waals surface area contributed by atoms with E-state index in [2.05, 4.69) is 26.2 Å². The van der Waals surface area contributed by atoms with Crippen molar-refractivity contribution in [1.29, 1.82) is 0 Å². The van der Waals surface area contributed by atoms with Crippen molar-refractivity contribution in [2.24, 2.45) is 23.2 Å². The molecule has 2 nitrogen and oxygen atoms in total. The van der Waals surface area contributed by atoms with Crippen molar-refractivity contribution in [1.82, 2.24) is 0 Å². The van der Waals surface area contributed by atoms with Gasteiger partial charge in [-0.25, -0.2) is 0 Å². The van der Waals surface area contributed by atoms with Gasteiger partial charge in [-0.15, -0.1) is 0 Å². The fourth-order valence-corrected chi connectivity index (χ4v) is 4.83. The van der Waals surface area contributed by atoms with E-state index in [4.69, 9.17) is 0 Å². The summed E-state index contributed by atoms with van der Waals surface area (Å²) in [6, 6.07) is 0. The van der Waals surface area contributed by atoms with Crippen LogP contribution in [0.3, 0.4) is 0 Å². The van der Waals surface area contributed by atoms with Gasteiger partial charge in [0.2, 0.25) is 0 Å². The summed E-state index contributed by atoms with van der Waals surface area (Å²) in [6.07, 6.45) is 6.46. The molecule has 0 saturated heterocycles. The molecule has 0 amide bonds. The Kier molecular flexibility index (Phi) is 3.39. The first-order chi connectivity index (χ1) is 10.3. The minimum Gasteiger partial charge on any atom is -0.293 e. The molecule has 1 saturated carbocycles. The molecule has 3 rings (SSSR count). The zero-order valence-corrected chi connectivity index (χ0v) is 13.7. The molecule has 3 aliphatic carbocycles. The number of fused-ring (bicyclic) bond motifs is 2. The monoisotopic (exact) mass is 296 g/mol. The highest BCUT2D eigenvalue weighted by atomic mass is 16.2. The van der Waals surface area contributed by atoms with Gasteiger partial charge in [-0.1, -0.05) is 36.5 Å². The number of carbonyl (C=O) groups excluding carboxylic acids is 2. The molecule has 22 heavy (non-hydrogen) atoms. The third kappa shape index (κ3) is 1.79. The van der Waals surface area contributed by atoms with Crippen molar-refractivity contribution < 1.29 is 9.59 Å². The maximum absolute atomic E-state index is 13.0. The van der Waals surface area contributed by atoms with Crippen molar-refractivity contribution in [2.75, 3.05) is 0 Å². The maximum atomic E-state index is 13.0. The molecule has 0 N–H and O–H groups in total. The van der Waals surface area contributed by atoms with Crippen molar-refractivity contribution >= 4 is 11.6 Å². The topological polar surface area (TPSA) is 34.1 Å². The van der Waals surface area contributed by atoms with Gasteiger partial charge in [0.25, 0.3) is 0 Å². The fourth-order valence-electron chi connectivity index (χ4n) is 4.83. The lowest BCUT2D eigenvalue weighted by Crippen LogP contribution is -2.52. The first kappa shape index (κ1) is 15.2. The van der Waals surface area contributed by atoms with Crippen LogP contribution in [0, 0.1) is 23.2 Å². The van der Waals surface area contributed by atoms with E-state index in [0.29, 0.717) is 12.3 Å². The summed E-state index contributed by atoms with van der Waals surface area (Å²) < 4.78 is 0. The molecule has 0 aromatic heterocycles. The van der Waals surface area contributed by atoms with Crippen molar-refractivity contribution in [3.05, 3.63) is 47.6 Å². The molecule has 4 atom stereocenters. The van der Waals surface area contributed by atoms with Crippen LogP contribution in [0.1, 0.15) is 40.0 Å². The van der Waals surface area contributed by atoms with Crippen LogP contribution in [0.15, 0.2) is 47.6 Å². The fraction of sp³-hybridized carbons (Fsp3) is 0.500. The summed E-state index contributed by atoms with van der Waals surface area (Å²) in [5.41, 5.74) is 2.76. The van der Waals surface area contributed by atoms with Gasteiger partial charge < -0.3 is 0 Å². The number of carbonyl (C=O) groups is 2. The smallest absolute Gasteiger partial charge is 0.173 e. The SMILES string of the molecule is C=C(C)C1CCC(=C)C2C1C=C(C)C(=O)C21CC=C(C)C1=O. The number of allylic oxidation sites excluding steroid dienone is 6. The lowest BCUT2D eigenvalue weighted by molar-refractivity contribution is -0.141. The Morgan fingerprint density at radius 3 is 2.41 bits per heavy atom. The second-order valence-corrected chi connectivity index (χ2v) is 7.28. The molecule has 2 heteroatoms. The Labute approximate surface area is 132 Å². The highest BCUT2D eigenvalue weighted by Gasteiger charge is 2.60. The van der Waals surface area contributed by atoms with Crippen LogP contribution in [0.5, 0.6) is 0 Å². The summed E-state index contributed by atoms with van der Waals surface area (Å²) in [7, 11) is 0. The lowest BCUT2D eigenvalue weighted by atomic mass is 9.51. The van der Waals surface area contributed by atoms with Gasteiger partial charge in [-0.3, -0.25) is 9.59 Å². The Hall–Kier alpha value is -1.70. The number of hydrogen-bond donors (Lipinski definition) is 0. The number of hydrogen-bond acceptors (Lipinski definition) is 2. The minimum absolute atomic E-state index is 0.00960. The average Bonchev–Trinajstić information content (AvgIpc) is 2.74. The zero-order chi connectivity index (χ0) is 16.2. The molecule has 4 unspecified atom stereocenters. The molecule has 0 aromatic rings. The summed E-state index contributed by atoms with van der Waals surface area (Å²) in [5, 5.41) is 0. The Bertz CT molecular complexity index is 661. The molecule has 1 spiro atoms. The van der Waals surface area contributed by atoms with Gasteiger partial charge in [0.05, 0.1) is 0 Å². The van der Waals surface area contributed by atoms with Crippen molar-refractivity contribution in [3.8, 4) is 0 Å². The van der Waals surface area contributed by atoms with Gasteiger partial charge in [-0.05, 0) is 63.0 Å². The molecule has 0 bridgehead atoms. The molecule has 0 radical (unpaired) electrons. The van der Waals surface area contributed by atoms with Crippen LogP contribution in [-0.4, -0.2) is 11.6 Å². The van der Waals surface area contributed by atoms with E-state index in [1.54, 1.807) is 0 Å². The van der Waals surface area contributed by atoms with Gasteiger partial charge >= 0.3 is 0 Å². The van der Waals surface area contributed by atoms with Gasteiger partial charge in [0.1, 0.15) is 5.41 Å². The number of rotatable bonds is 1. The van der Waals surface area contributed by atoms with Gasteiger partial charge in [0, 0.05) is 5.92 Å². The van der Waals surface area contributed by atoms with Gasteiger partial charge in [0.15, 0.2) is 11.6 Å². The molecule has 0 aliphatic heterocycles. The molecule has 116 valence electrons. The second-order valence-electron chi connectivity index (χ2n) is 7.28. The molecular formula is C20H24O2. The summed E-state index contributed by atoms with van der Waals surface area (Å²) in [5.74, 6) is 0.475. The molecule has 1 fully saturated rings. The third-order valence-corrected chi connectivity index (χ3v) is 5.93. The van der Waals surface area contributed by atoms with E-state index in [1.165, 1.54) is 0 Å². The van der Waals surface area contributed by atoms with Crippen LogP contribution >= 0.6 is 0 Å². The normalized spacial score (nSPS) is 38.0. The molecular weight excluding hydrogens is 272 g/mol.